The average molecular weight is 227 g/mol. The van der Waals surface area contributed by atoms with Gasteiger partial charge in [-0.3, -0.25) is 0 Å². The summed E-state index contributed by atoms with van der Waals surface area (Å²) in [6, 6.07) is 0. The summed E-state index contributed by atoms with van der Waals surface area (Å²) in [6.45, 7) is 2.86. The summed E-state index contributed by atoms with van der Waals surface area (Å²) in [5, 5.41) is 13.6. The Morgan fingerprint density at radius 1 is 1.40 bits per heavy atom. The number of hydrogen-bond donors (Lipinski definition) is 2. The molecule has 15 heavy (non-hydrogen) atoms. The van der Waals surface area contributed by atoms with Crippen LogP contribution in [0.1, 0.15) is 31.5 Å². The fourth-order valence-corrected chi connectivity index (χ4v) is 2.53. The van der Waals surface area contributed by atoms with Crippen LogP contribution in [0, 0.1) is 12.8 Å². The molecule has 1 aromatic rings. The quantitative estimate of drug-likeness (QED) is 0.827. The molecule has 0 atom stereocenters. The minimum Gasteiger partial charge on any atom is -0.393 e. The molecule has 0 aliphatic heterocycles. The lowest BCUT2D eigenvalue weighted by molar-refractivity contribution is 0.111. The maximum absolute atomic E-state index is 9.37. The van der Waals surface area contributed by atoms with Gasteiger partial charge in [0.25, 0.3) is 0 Å². The van der Waals surface area contributed by atoms with Crippen LogP contribution in [0.25, 0.3) is 0 Å². The normalized spacial score (nSPS) is 26.5. The van der Waals surface area contributed by atoms with Gasteiger partial charge in [-0.25, -0.2) is 4.98 Å². The summed E-state index contributed by atoms with van der Waals surface area (Å²) < 4.78 is 4.12. The van der Waals surface area contributed by atoms with Gasteiger partial charge in [0.2, 0.25) is 5.13 Å². The first-order valence-corrected chi connectivity index (χ1v) is 6.23. The standard InChI is InChI=1S/C10H17N3OS/c1-7-12-10(15-13-7)11-6-8-2-4-9(14)5-3-8/h8-9,14H,2-6H2,1H3,(H,11,12,13). The first kappa shape index (κ1) is 10.8. The summed E-state index contributed by atoms with van der Waals surface area (Å²) in [7, 11) is 0. The van der Waals surface area contributed by atoms with E-state index < -0.39 is 0 Å². The van der Waals surface area contributed by atoms with Crippen molar-refractivity contribution in [2.75, 3.05) is 11.9 Å². The number of aromatic nitrogens is 2. The molecule has 84 valence electrons. The van der Waals surface area contributed by atoms with Gasteiger partial charge in [0, 0.05) is 18.1 Å². The maximum atomic E-state index is 9.37. The minimum absolute atomic E-state index is 0.0648. The number of aryl methyl sites for hydroxylation is 1. The third-order valence-electron chi connectivity index (χ3n) is 2.89. The van der Waals surface area contributed by atoms with Crippen LogP contribution in [0.3, 0.4) is 0 Å². The Morgan fingerprint density at radius 3 is 2.73 bits per heavy atom. The molecular formula is C10H17N3OS. The lowest BCUT2D eigenvalue weighted by Crippen LogP contribution is -2.23. The van der Waals surface area contributed by atoms with E-state index in [0.717, 1.165) is 43.2 Å². The second-order valence-electron chi connectivity index (χ2n) is 4.20. The highest BCUT2D eigenvalue weighted by Gasteiger charge is 2.19. The van der Waals surface area contributed by atoms with Crippen molar-refractivity contribution in [3.05, 3.63) is 5.82 Å². The van der Waals surface area contributed by atoms with Gasteiger partial charge in [-0.15, -0.1) is 0 Å². The monoisotopic (exact) mass is 227 g/mol. The second-order valence-corrected chi connectivity index (χ2v) is 4.95. The average Bonchev–Trinajstić information content (AvgIpc) is 2.64. The van der Waals surface area contributed by atoms with Crippen molar-refractivity contribution in [3.8, 4) is 0 Å². The number of nitrogens with zero attached hydrogens (tertiary/aromatic N) is 2. The number of nitrogens with one attached hydrogen (secondary N) is 1. The molecule has 4 nitrogen and oxygen atoms in total. The lowest BCUT2D eigenvalue weighted by atomic mass is 9.87. The topological polar surface area (TPSA) is 58.0 Å². The molecule has 0 saturated heterocycles. The molecule has 2 N–H and O–H groups in total. The molecule has 1 heterocycles. The summed E-state index contributed by atoms with van der Waals surface area (Å²) in [6.07, 6.45) is 4.06. The van der Waals surface area contributed by atoms with Gasteiger partial charge in [0.15, 0.2) is 0 Å². The Morgan fingerprint density at radius 2 is 2.13 bits per heavy atom. The van der Waals surface area contributed by atoms with Crippen molar-refractivity contribution >= 4 is 16.7 Å². The molecule has 1 aliphatic carbocycles. The van der Waals surface area contributed by atoms with Gasteiger partial charge in [-0.1, -0.05) is 0 Å². The van der Waals surface area contributed by atoms with Crippen molar-refractivity contribution < 1.29 is 5.11 Å². The van der Waals surface area contributed by atoms with Gasteiger partial charge in [0.05, 0.1) is 6.10 Å². The number of hydrogen-bond acceptors (Lipinski definition) is 5. The Bertz CT molecular complexity index is 307. The largest absolute Gasteiger partial charge is 0.393 e. The molecule has 2 rings (SSSR count). The molecule has 1 aromatic heterocycles. The van der Waals surface area contributed by atoms with E-state index >= 15 is 0 Å². The molecule has 1 saturated carbocycles. The van der Waals surface area contributed by atoms with Crippen LogP contribution in [0.2, 0.25) is 0 Å². The zero-order chi connectivity index (χ0) is 10.7. The Labute approximate surface area is 93.9 Å². The van der Waals surface area contributed by atoms with Crippen molar-refractivity contribution in [1.82, 2.24) is 9.36 Å². The molecule has 0 bridgehead atoms. The minimum atomic E-state index is -0.0648. The van der Waals surface area contributed by atoms with Crippen LogP contribution in [-0.2, 0) is 0 Å². The predicted molar refractivity (Wildman–Crippen MR) is 61.1 cm³/mol. The summed E-state index contributed by atoms with van der Waals surface area (Å²) in [5.74, 6) is 1.51. The molecule has 1 fully saturated rings. The van der Waals surface area contributed by atoms with Crippen LogP contribution < -0.4 is 5.32 Å². The fourth-order valence-electron chi connectivity index (χ4n) is 1.95. The van der Waals surface area contributed by atoms with Crippen LogP contribution in [-0.4, -0.2) is 27.1 Å². The number of rotatable bonds is 3. The highest BCUT2D eigenvalue weighted by atomic mass is 32.1. The van der Waals surface area contributed by atoms with Crippen molar-refractivity contribution in [1.29, 1.82) is 0 Å². The fraction of sp³-hybridized carbons (Fsp3) is 0.800. The molecule has 1 aliphatic rings. The van der Waals surface area contributed by atoms with Crippen LogP contribution >= 0.6 is 11.5 Å². The molecule has 5 heteroatoms. The lowest BCUT2D eigenvalue weighted by Gasteiger charge is -2.25. The molecule has 0 spiro atoms. The van der Waals surface area contributed by atoms with E-state index in [1.807, 2.05) is 6.92 Å². The van der Waals surface area contributed by atoms with E-state index in [0.29, 0.717) is 5.92 Å². The number of aliphatic hydroxyl groups excluding tert-OH is 1. The van der Waals surface area contributed by atoms with Gasteiger partial charge in [-0.05, 0) is 38.5 Å². The van der Waals surface area contributed by atoms with Crippen LogP contribution in [0.4, 0.5) is 5.13 Å². The van der Waals surface area contributed by atoms with Crippen molar-refractivity contribution in [2.24, 2.45) is 5.92 Å². The third-order valence-corrected chi connectivity index (χ3v) is 3.65. The summed E-state index contributed by atoms with van der Waals surface area (Å²) in [4.78, 5) is 4.26. The van der Waals surface area contributed by atoms with Crippen LogP contribution in [0.15, 0.2) is 0 Å². The summed E-state index contributed by atoms with van der Waals surface area (Å²) >= 11 is 1.42. The molecule has 0 amide bonds. The third kappa shape index (κ3) is 3.14. The van der Waals surface area contributed by atoms with E-state index in [4.69, 9.17) is 0 Å². The van der Waals surface area contributed by atoms with E-state index in [1.165, 1.54) is 11.5 Å². The van der Waals surface area contributed by atoms with Crippen LogP contribution in [0.5, 0.6) is 0 Å². The predicted octanol–water partition coefficient (Wildman–Crippen LogP) is 1.81. The molecule has 0 unspecified atom stereocenters. The van der Waals surface area contributed by atoms with Crippen molar-refractivity contribution in [2.45, 2.75) is 38.7 Å². The van der Waals surface area contributed by atoms with Gasteiger partial charge >= 0.3 is 0 Å². The van der Waals surface area contributed by atoms with Gasteiger partial charge in [-0.2, -0.15) is 4.37 Å². The zero-order valence-corrected chi connectivity index (χ0v) is 9.76. The van der Waals surface area contributed by atoms with E-state index in [2.05, 4.69) is 14.7 Å². The SMILES string of the molecule is Cc1nsc(NCC2CCC(O)CC2)n1. The Hall–Kier alpha value is -0.680. The molecular weight excluding hydrogens is 210 g/mol. The molecule has 0 aromatic carbocycles. The highest BCUT2D eigenvalue weighted by Crippen LogP contribution is 2.24. The molecule has 0 radical (unpaired) electrons. The zero-order valence-electron chi connectivity index (χ0n) is 8.94. The Kier molecular flexibility index (Phi) is 3.53. The van der Waals surface area contributed by atoms with E-state index in [1.54, 1.807) is 0 Å². The maximum Gasteiger partial charge on any atom is 0.202 e. The van der Waals surface area contributed by atoms with Gasteiger partial charge in [0.1, 0.15) is 5.82 Å². The number of anilines is 1. The smallest absolute Gasteiger partial charge is 0.202 e. The second kappa shape index (κ2) is 4.90. The van der Waals surface area contributed by atoms with E-state index in [-0.39, 0.29) is 6.10 Å². The van der Waals surface area contributed by atoms with E-state index in [9.17, 15) is 5.11 Å². The first-order valence-electron chi connectivity index (χ1n) is 5.46. The highest BCUT2D eigenvalue weighted by molar-refractivity contribution is 7.09. The Balaban J connectivity index is 1.74. The summed E-state index contributed by atoms with van der Waals surface area (Å²) in [5.41, 5.74) is 0. The first-order chi connectivity index (χ1) is 7.24. The van der Waals surface area contributed by atoms with Crippen molar-refractivity contribution in [3.63, 3.8) is 0 Å². The van der Waals surface area contributed by atoms with Gasteiger partial charge < -0.3 is 10.4 Å². The number of aliphatic hydroxyl groups is 1.